The minimum Gasteiger partial charge on any atom is -0.493 e. The van der Waals surface area contributed by atoms with Gasteiger partial charge in [-0.15, -0.1) is 11.8 Å². The highest BCUT2D eigenvalue weighted by molar-refractivity contribution is 8.00. The number of amides is 1. The smallest absolute Gasteiger partial charge is 0.235 e. The molecule has 0 fully saturated rings. The molecule has 1 amide bonds. The summed E-state index contributed by atoms with van der Waals surface area (Å²) in [5.41, 5.74) is 3.20. The molecule has 24 heavy (non-hydrogen) atoms. The molecule has 1 aliphatic heterocycles. The minimum atomic E-state index is 0.0173. The fourth-order valence-electron chi connectivity index (χ4n) is 2.81. The average Bonchev–Trinajstić information content (AvgIpc) is 2.72. The summed E-state index contributed by atoms with van der Waals surface area (Å²) in [6.07, 6.45) is 0. The molecule has 3 rings (SSSR count). The van der Waals surface area contributed by atoms with Crippen molar-refractivity contribution in [3.05, 3.63) is 41.1 Å². The number of thioether (sulfide) groups is 1. The number of carbonyl (C=O) groups is 1. The summed E-state index contributed by atoms with van der Waals surface area (Å²) >= 11 is 1.63. The molecule has 0 saturated carbocycles. The molecule has 6 heteroatoms. The quantitative estimate of drug-likeness (QED) is 0.921. The summed E-state index contributed by atoms with van der Waals surface area (Å²) in [6, 6.07) is 8.17. The van der Waals surface area contributed by atoms with Gasteiger partial charge in [0, 0.05) is 12.6 Å². The number of ether oxygens (including phenoxy) is 1. The Morgan fingerprint density at radius 3 is 2.75 bits per heavy atom. The summed E-state index contributed by atoms with van der Waals surface area (Å²) < 4.78 is 7.51. The molecule has 2 heterocycles. The summed E-state index contributed by atoms with van der Waals surface area (Å²) in [5.74, 6) is 2.63. The predicted octanol–water partition coefficient (Wildman–Crippen LogP) is 3.54. The molecule has 0 saturated heterocycles. The van der Waals surface area contributed by atoms with E-state index in [1.807, 2.05) is 26.1 Å². The molecule has 0 unspecified atom stereocenters. The van der Waals surface area contributed by atoms with E-state index < -0.39 is 0 Å². The second-order valence-electron chi connectivity index (χ2n) is 6.48. The van der Waals surface area contributed by atoms with Crippen LogP contribution in [0.25, 0.3) is 0 Å². The van der Waals surface area contributed by atoms with Crippen LogP contribution < -0.4 is 10.1 Å². The second kappa shape index (κ2) is 6.89. The number of hydrogen-bond donors (Lipinski definition) is 1. The highest BCUT2D eigenvalue weighted by atomic mass is 32.2. The number of carbonyl (C=O) groups excluding carboxylic acids is 1. The molecule has 0 bridgehead atoms. The Bertz CT molecular complexity index is 737. The van der Waals surface area contributed by atoms with E-state index in [4.69, 9.17) is 4.74 Å². The molecule has 128 valence electrons. The summed E-state index contributed by atoms with van der Waals surface area (Å²) in [4.78, 5) is 12.0. The number of anilines is 1. The maximum absolute atomic E-state index is 12.0. The third-order valence-electron chi connectivity index (χ3n) is 3.94. The van der Waals surface area contributed by atoms with Crippen LogP contribution in [0.1, 0.15) is 35.9 Å². The maximum Gasteiger partial charge on any atom is 0.235 e. The van der Waals surface area contributed by atoms with E-state index in [0.29, 0.717) is 18.3 Å². The first-order valence-electron chi connectivity index (χ1n) is 8.13. The third kappa shape index (κ3) is 3.43. The predicted molar refractivity (Wildman–Crippen MR) is 97.7 cm³/mol. The van der Waals surface area contributed by atoms with Gasteiger partial charge >= 0.3 is 0 Å². The fraction of sp³-hybridized carbons (Fsp3) is 0.444. The van der Waals surface area contributed by atoms with Gasteiger partial charge < -0.3 is 10.1 Å². The number of hydrogen-bond acceptors (Lipinski definition) is 4. The van der Waals surface area contributed by atoms with Crippen LogP contribution in [0.15, 0.2) is 24.3 Å². The van der Waals surface area contributed by atoms with Crippen molar-refractivity contribution in [2.45, 2.75) is 26.0 Å². The van der Waals surface area contributed by atoms with Crippen molar-refractivity contribution in [1.29, 1.82) is 0 Å². The van der Waals surface area contributed by atoms with Gasteiger partial charge in [-0.3, -0.25) is 9.48 Å². The van der Waals surface area contributed by atoms with Crippen molar-refractivity contribution in [1.82, 2.24) is 9.78 Å². The number of rotatable bonds is 4. The van der Waals surface area contributed by atoms with Gasteiger partial charge in [-0.2, -0.15) is 5.10 Å². The Labute approximate surface area is 146 Å². The van der Waals surface area contributed by atoms with Crippen molar-refractivity contribution in [2.24, 2.45) is 13.0 Å². The first-order chi connectivity index (χ1) is 11.5. The van der Waals surface area contributed by atoms with Crippen LogP contribution in [0.2, 0.25) is 0 Å². The van der Waals surface area contributed by atoms with E-state index in [0.717, 1.165) is 28.4 Å². The molecule has 0 aliphatic carbocycles. The lowest BCUT2D eigenvalue weighted by molar-refractivity contribution is -0.113. The first kappa shape index (κ1) is 16.9. The number of nitrogens with one attached hydrogen (secondary N) is 1. The van der Waals surface area contributed by atoms with Gasteiger partial charge in [0.25, 0.3) is 0 Å². The Balaban J connectivity index is 1.90. The normalized spacial score (nSPS) is 17.4. The van der Waals surface area contributed by atoms with E-state index in [1.54, 1.807) is 16.4 Å². The average molecular weight is 345 g/mol. The largest absolute Gasteiger partial charge is 0.493 e. The number of aromatic nitrogens is 2. The molecular weight excluding hydrogens is 322 g/mol. The fourth-order valence-corrected chi connectivity index (χ4v) is 4.00. The Hall–Kier alpha value is -1.95. The van der Waals surface area contributed by atoms with Crippen molar-refractivity contribution >= 4 is 23.5 Å². The van der Waals surface area contributed by atoms with Gasteiger partial charge in [0.1, 0.15) is 11.6 Å². The van der Waals surface area contributed by atoms with Crippen LogP contribution in [0.5, 0.6) is 5.75 Å². The van der Waals surface area contributed by atoms with Gasteiger partial charge in [-0.1, -0.05) is 26.0 Å². The van der Waals surface area contributed by atoms with Crippen molar-refractivity contribution in [3.8, 4) is 5.75 Å². The van der Waals surface area contributed by atoms with E-state index in [9.17, 15) is 4.79 Å². The van der Waals surface area contributed by atoms with E-state index in [1.165, 1.54) is 0 Å². The lowest BCUT2D eigenvalue weighted by Gasteiger charge is -2.16. The summed E-state index contributed by atoms with van der Waals surface area (Å²) in [7, 11) is 1.86. The number of fused-ring (bicyclic) bond motifs is 1. The van der Waals surface area contributed by atoms with Crippen molar-refractivity contribution in [3.63, 3.8) is 0 Å². The second-order valence-corrected chi connectivity index (χ2v) is 7.58. The number of benzene rings is 1. The maximum atomic E-state index is 12.0. The van der Waals surface area contributed by atoms with Crippen LogP contribution in [-0.2, 0) is 11.8 Å². The third-order valence-corrected chi connectivity index (χ3v) is 5.21. The lowest BCUT2D eigenvalue weighted by Crippen LogP contribution is -2.15. The van der Waals surface area contributed by atoms with Crippen molar-refractivity contribution < 1.29 is 9.53 Å². The minimum absolute atomic E-state index is 0.0173. The van der Waals surface area contributed by atoms with E-state index in [2.05, 4.69) is 36.4 Å². The van der Waals surface area contributed by atoms with Gasteiger partial charge in [0.05, 0.1) is 23.3 Å². The van der Waals surface area contributed by atoms with E-state index >= 15 is 0 Å². The van der Waals surface area contributed by atoms with Crippen LogP contribution in [0.4, 0.5) is 5.82 Å². The van der Waals surface area contributed by atoms with Crippen LogP contribution in [-0.4, -0.2) is 28.0 Å². The molecular formula is C18H23N3O2S. The monoisotopic (exact) mass is 345 g/mol. The Morgan fingerprint density at radius 2 is 2.08 bits per heavy atom. The Kier molecular flexibility index (Phi) is 4.85. The number of nitrogens with zero attached hydrogens (tertiary/aromatic N) is 2. The standard InChI is InChI=1S/C18H23N3O2S/c1-11(2)9-23-14-7-5-13(6-8-14)17-16-12(3)20-21(4)18(16)19-15(22)10-24-17/h5-8,11,17H,9-10H2,1-4H3,(H,19,22)/t17-/m1/s1. The molecule has 1 aromatic carbocycles. The lowest BCUT2D eigenvalue weighted by atomic mass is 10.0. The highest BCUT2D eigenvalue weighted by Gasteiger charge is 2.29. The zero-order chi connectivity index (χ0) is 17.3. The van der Waals surface area contributed by atoms with Gasteiger partial charge in [-0.25, -0.2) is 0 Å². The highest BCUT2D eigenvalue weighted by Crippen LogP contribution is 2.43. The Morgan fingerprint density at radius 1 is 1.38 bits per heavy atom. The first-order valence-corrected chi connectivity index (χ1v) is 9.18. The molecule has 2 aromatic rings. The molecule has 1 aliphatic rings. The zero-order valence-corrected chi connectivity index (χ0v) is 15.3. The molecule has 0 radical (unpaired) electrons. The molecule has 5 nitrogen and oxygen atoms in total. The van der Waals surface area contributed by atoms with Crippen LogP contribution in [0.3, 0.4) is 0 Å². The zero-order valence-electron chi connectivity index (χ0n) is 14.5. The molecule has 1 N–H and O–H groups in total. The summed E-state index contributed by atoms with van der Waals surface area (Å²) in [6.45, 7) is 6.96. The van der Waals surface area contributed by atoms with Gasteiger partial charge in [0.15, 0.2) is 0 Å². The topological polar surface area (TPSA) is 56.2 Å². The number of aryl methyl sites for hydroxylation is 2. The molecule has 1 atom stereocenters. The molecule has 1 aromatic heterocycles. The summed E-state index contributed by atoms with van der Waals surface area (Å²) in [5, 5.41) is 7.54. The van der Waals surface area contributed by atoms with E-state index in [-0.39, 0.29) is 11.2 Å². The SMILES string of the molecule is Cc1nn(C)c2c1[C@@H](c1ccc(OCC(C)C)cc1)SCC(=O)N2. The van der Waals surface area contributed by atoms with Crippen LogP contribution >= 0.6 is 11.8 Å². The van der Waals surface area contributed by atoms with Crippen LogP contribution in [0, 0.1) is 12.8 Å². The van der Waals surface area contributed by atoms with Gasteiger partial charge in [0.2, 0.25) is 5.91 Å². The van der Waals surface area contributed by atoms with Gasteiger partial charge in [-0.05, 0) is 30.5 Å². The van der Waals surface area contributed by atoms with Crippen molar-refractivity contribution in [2.75, 3.05) is 17.7 Å². The molecule has 0 spiro atoms.